The maximum Gasteiger partial charge on any atom is 0.230 e. The Bertz CT molecular complexity index is 789. The van der Waals surface area contributed by atoms with Gasteiger partial charge in [-0.25, -0.2) is 9.97 Å². The van der Waals surface area contributed by atoms with Gasteiger partial charge in [-0.3, -0.25) is 0 Å². The minimum atomic E-state index is 0.507. The molecule has 0 bridgehead atoms. The standard InChI is InChI=1S/C15H12BrN3O/c1-9-6-10(16)2-5-14(9)20-15-12-7-11(17)3-4-13(12)18-8-19-15/h2-8H,17H2,1H3. The van der Waals surface area contributed by atoms with E-state index in [9.17, 15) is 0 Å². The van der Waals surface area contributed by atoms with Crippen molar-refractivity contribution < 1.29 is 4.74 Å². The van der Waals surface area contributed by atoms with Crippen molar-refractivity contribution in [3.8, 4) is 11.6 Å². The van der Waals surface area contributed by atoms with E-state index in [1.165, 1.54) is 6.33 Å². The van der Waals surface area contributed by atoms with Crippen LogP contribution < -0.4 is 10.5 Å². The lowest BCUT2D eigenvalue weighted by Crippen LogP contribution is -1.94. The largest absolute Gasteiger partial charge is 0.438 e. The summed E-state index contributed by atoms with van der Waals surface area (Å²) in [6.45, 7) is 1.98. The Morgan fingerprint density at radius 1 is 1.10 bits per heavy atom. The molecule has 0 aliphatic rings. The van der Waals surface area contributed by atoms with Gasteiger partial charge in [0.1, 0.15) is 12.1 Å². The van der Waals surface area contributed by atoms with Gasteiger partial charge in [0.25, 0.3) is 0 Å². The van der Waals surface area contributed by atoms with Crippen LogP contribution in [0.5, 0.6) is 11.6 Å². The fourth-order valence-electron chi connectivity index (χ4n) is 1.96. The summed E-state index contributed by atoms with van der Waals surface area (Å²) in [5.74, 6) is 1.27. The molecule has 2 N–H and O–H groups in total. The molecule has 0 unspecified atom stereocenters. The lowest BCUT2D eigenvalue weighted by atomic mass is 10.2. The molecule has 5 heteroatoms. The fraction of sp³-hybridized carbons (Fsp3) is 0.0667. The number of nitrogens with zero attached hydrogens (tertiary/aromatic N) is 2. The summed E-state index contributed by atoms with van der Waals surface area (Å²) in [4.78, 5) is 8.41. The molecule has 2 aromatic carbocycles. The van der Waals surface area contributed by atoms with Crippen LogP contribution in [0.2, 0.25) is 0 Å². The summed E-state index contributed by atoms with van der Waals surface area (Å²) in [5.41, 5.74) is 8.30. The average Bonchev–Trinajstić information content (AvgIpc) is 2.42. The Morgan fingerprint density at radius 2 is 1.95 bits per heavy atom. The molecule has 100 valence electrons. The summed E-state index contributed by atoms with van der Waals surface area (Å²) >= 11 is 3.43. The highest BCUT2D eigenvalue weighted by Gasteiger charge is 2.08. The van der Waals surface area contributed by atoms with E-state index >= 15 is 0 Å². The van der Waals surface area contributed by atoms with Crippen molar-refractivity contribution in [2.75, 3.05) is 5.73 Å². The van der Waals surface area contributed by atoms with Crippen LogP contribution in [0, 0.1) is 6.92 Å². The average molecular weight is 330 g/mol. The first-order valence-electron chi connectivity index (χ1n) is 6.08. The van der Waals surface area contributed by atoms with Crippen molar-refractivity contribution >= 4 is 32.5 Å². The summed E-state index contributed by atoms with van der Waals surface area (Å²) < 4.78 is 6.92. The highest BCUT2D eigenvalue weighted by atomic mass is 79.9. The third-order valence-corrected chi connectivity index (χ3v) is 3.46. The first-order chi connectivity index (χ1) is 9.63. The fourth-order valence-corrected chi connectivity index (χ4v) is 2.44. The van der Waals surface area contributed by atoms with Gasteiger partial charge in [0.2, 0.25) is 5.88 Å². The monoisotopic (exact) mass is 329 g/mol. The first-order valence-corrected chi connectivity index (χ1v) is 6.87. The molecule has 1 aromatic heterocycles. The van der Waals surface area contributed by atoms with Gasteiger partial charge in [0, 0.05) is 10.2 Å². The van der Waals surface area contributed by atoms with Crippen LogP contribution in [0.25, 0.3) is 10.9 Å². The number of aryl methyl sites for hydroxylation is 1. The second kappa shape index (κ2) is 5.09. The maximum atomic E-state index is 5.90. The maximum absolute atomic E-state index is 5.90. The molecule has 0 aliphatic carbocycles. The third kappa shape index (κ3) is 2.44. The van der Waals surface area contributed by atoms with Crippen LogP contribution in [0.1, 0.15) is 5.56 Å². The second-order valence-electron chi connectivity index (χ2n) is 4.47. The molecular formula is C15H12BrN3O. The van der Waals surface area contributed by atoms with E-state index in [2.05, 4.69) is 25.9 Å². The van der Waals surface area contributed by atoms with Gasteiger partial charge in [-0.15, -0.1) is 0 Å². The van der Waals surface area contributed by atoms with E-state index < -0.39 is 0 Å². The molecule has 0 saturated carbocycles. The second-order valence-corrected chi connectivity index (χ2v) is 5.38. The molecule has 0 amide bonds. The lowest BCUT2D eigenvalue weighted by Gasteiger charge is -2.10. The molecule has 0 aliphatic heterocycles. The smallest absolute Gasteiger partial charge is 0.230 e. The topological polar surface area (TPSA) is 61.0 Å². The van der Waals surface area contributed by atoms with Crippen LogP contribution in [0.15, 0.2) is 47.2 Å². The molecule has 1 heterocycles. The van der Waals surface area contributed by atoms with Gasteiger partial charge in [0.15, 0.2) is 0 Å². The number of benzene rings is 2. The number of aromatic nitrogens is 2. The number of hydrogen-bond donors (Lipinski definition) is 1. The zero-order valence-electron chi connectivity index (χ0n) is 10.8. The number of ether oxygens (including phenoxy) is 1. The minimum absolute atomic E-state index is 0.507. The predicted octanol–water partition coefficient (Wildman–Crippen LogP) is 4.08. The van der Waals surface area contributed by atoms with Crippen LogP contribution in [-0.2, 0) is 0 Å². The van der Waals surface area contributed by atoms with Gasteiger partial charge in [-0.1, -0.05) is 15.9 Å². The Kier molecular flexibility index (Phi) is 3.28. The Hall–Kier alpha value is -2.14. The van der Waals surface area contributed by atoms with Gasteiger partial charge >= 0.3 is 0 Å². The van der Waals surface area contributed by atoms with Crippen molar-refractivity contribution in [3.63, 3.8) is 0 Å². The summed E-state index contributed by atoms with van der Waals surface area (Å²) in [5, 5.41) is 0.801. The van der Waals surface area contributed by atoms with E-state index in [1.54, 1.807) is 0 Å². The van der Waals surface area contributed by atoms with Crippen molar-refractivity contribution in [2.24, 2.45) is 0 Å². The van der Waals surface area contributed by atoms with Gasteiger partial charge in [-0.2, -0.15) is 0 Å². The summed E-state index contributed by atoms with van der Waals surface area (Å²) in [6, 6.07) is 11.3. The molecule has 20 heavy (non-hydrogen) atoms. The summed E-state index contributed by atoms with van der Waals surface area (Å²) in [6.07, 6.45) is 1.49. The number of anilines is 1. The van der Waals surface area contributed by atoms with E-state index in [0.29, 0.717) is 11.6 Å². The number of hydrogen-bond acceptors (Lipinski definition) is 4. The molecule has 4 nitrogen and oxygen atoms in total. The number of rotatable bonds is 2. The molecular weight excluding hydrogens is 318 g/mol. The predicted molar refractivity (Wildman–Crippen MR) is 82.9 cm³/mol. The number of halogens is 1. The van der Waals surface area contributed by atoms with Crippen LogP contribution in [-0.4, -0.2) is 9.97 Å². The SMILES string of the molecule is Cc1cc(Br)ccc1Oc1ncnc2ccc(N)cc12. The molecule has 0 saturated heterocycles. The molecule has 0 fully saturated rings. The van der Waals surface area contributed by atoms with Gasteiger partial charge in [-0.05, 0) is 48.9 Å². The zero-order valence-corrected chi connectivity index (χ0v) is 12.4. The minimum Gasteiger partial charge on any atom is -0.438 e. The van der Waals surface area contributed by atoms with Crippen LogP contribution in [0.4, 0.5) is 5.69 Å². The van der Waals surface area contributed by atoms with Gasteiger partial charge in [0.05, 0.1) is 10.9 Å². The van der Waals surface area contributed by atoms with E-state index in [-0.39, 0.29) is 0 Å². The zero-order chi connectivity index (χ0) is 14.1. The normalized spacial score (nSPS) is 10.7. The molecule has 0 spiro atoms. The number of fused-ring (bicyclic) bond motifs is 1. The van der Waals surface area contributed by atoms with Crippen molar-refractivity contribution in [1.29, 1.82) is 0 Å². The Morgan fingerprint density at radius 3 is 2.75 bits per heavy atom. The van der Waals surface area contributed by atoms with Crippen LogP contribution >= 0.6 is 15.9 Å². The Labute approximate surface area is 124 Å². The molecule has 3 rings (SSSR count). The highest BCUT2D eigenvalue weighted by molar-refractivity contribution is 9.10. The number of nitrogens with two attached hydrogens (primary N) is 1. The van der Waals surface area contributed by atoms with E-state index in [1.807, 2.05) is 43.3 Å². The lowest BCUT2D eigenvalue weighted by molar-refractivity contribution is 0.464. The molecule has 0 radical (unpaired) electrons. The quantitative estimate of drug-likeness (QED) is 0.720. The number of nitrogen functional groups attached to an aromatic ring is 1. The third-order valence-electron chi connectivity index (χ3n) is 2.97. The highest BCUT2D eigenvalue weighted by Crippen LogP contribution is 2.30. The van der Waals surface area contributed by atoms with E-state index in [0.717, 1.165) is 26.7 Å². The molecule has 3 aromatic rings. The summed E-state index contributed by atoms with van der Waals surface area (Å²) in [7, 11) is 0. The first kappa shape index (κ1) is 12.9. The van der Waals surface area contributed by atoms with Crippen molar-refractivity contribution in [2.45, 2.75) is 6.92 Å². The van der Waals surface area contributed by atoms with Crippen LogP contribution in [0.3, 0.4) is 0 Å². The van der Waals surface area contributed by atoms with Gasteiger partial charge < -0.3 is 10.5 Å². The van der Waals surface area contributed by atoms with Crippen molar-refractivity contribution in [1.82, 2.24) is 9.97 Å². The molecule has 0 atom stereocenters. The van der Waals surface area contributed by atoms with Crippen molar-refractivity contribution in [3.05, 3.63) is 52.8 Å². The Balaban J connectivity index is 2.08. The van der Waals surface area contributed by atoms with E-state index in [4.69, 9.17) is 10.5 Å².